The minimum absolute atomic E-state index is 0.0245. The number of β-amino-alcohol motifs (C(OH)–C–C–N with tert-alkyl or cyclic N) is 1. The molecule has 1 N–H and O–H groups in total. The highest BCUT2D eigenvalue weighted by Gasteiger charge is 2.31. The molecule has 1 aliphatic rings. The molecule has 1 heterocycles. The van der Waals surface area contributed by atoms with Crippen molar-refractivity contribution in [3.63, 3.8) is 0 Å². The van der Waals surface area contributed by atoms with E-state index in [4.69, 9.17) is 5.11 Å². The van der Waals surface area contributed by atoms with Crippen LogP contribution in [0.15, 0.2) is 0 Å². The van der Waals surface area contributed by atoms with Crippen molar-refractivity contribution >= 4 is 17.7 Å². The highest BCUT2D eigenvalue weighted by Crippen LogP contribution is 2.30. The summed E-state index contributed by atoms with van der Waals surface area (Å²) in [4.78, 5) is 12.3. The number of aliphatic hydroxyl groups excluding tert-OH is 1. The second kappa shape index (κ2) is 4.39. The molecular formula is C7H10F3NO2S. The summed E-state index contributed by atoms with van der Waals surface area (Å²) < 4.78 is 35.1. The van der Waals surface area contributed by atoms with E-state index in [1.54, 1.807) is 0 Å². The van der Waals surface area contributed by atoms with Crippen molar-refractivity contribution in [2.45, 2.75) is 18.0 Å². The van der Waals surface area contributed by atoms with E-state index in [0.717, 1.165) is 0 Å². The van der Waals surface area contributed by atoms with Crippen LogP contribution in [-0.2, 0) is 4.79 Å². The van der Waals surface area contributed by atoms with E-state index < -0.39 is 11.6 Å². The normalized spacial score (nSPS) is 23.3. The Morgan fingerprint density at radius 3 is 2.64 bits per heavy atom. The zero-order valence-corrected chi connectivity index (χ0v) is 8.07. The standard InChI is InChI=1S/C7H10F3NO2S/c8-7(9,10)14-2-1-11-4-5(12)3-6(11)13/h5,12H,1-4H2. The van der Waals surface area contributed by atoms with Gasteiger partial charge in [0.25, 0.3) is 0 Å². The fraction of sp³-hybridized carbons (Fsp3) is 0.857. The topological polar surface area (TPSA) is 40.5 Å². The lowest BCUT2D eigenvalue weighted by atomic mass is 10.3. The highest BCUT2D eigenvalue weighted by atomic mass is 32.2. The molecule has 82 valence electrons. The molecule has 14 heavy (non-hydrogen) atoms. The highest BCUT2D eigenvalue weighted by molar-refractivity contribution is 8.00. The lowest BCUT2D eigenvalue weighted by molar-refractivity contribution is -0.127. The van der Waals surface area contributed by atoms with Gasteiger partial charge in [-0.25, -0.2) is 0 Å². The molecule has 3 nitrogen and oxygen atoms in total. The zero-order valence-electron chi connectivity index (χ0n) is 7.25. The van der Waals surface area contributed by atoms with Crippen molar-refractivity contribution in [1.29, 1.82) is 0 Å². The number of carbonyl (C=O) groups is 1. The van der Waals surface area contributed by atoms with E-state index >= 15 is 0 Å². The number of halogens is 3. The Hall–Kier alpha value is -0.430. The average molecular weight is 229 g/mol. The number of aliphatic hydroxyl groups is 1. The van der Waals surface area contributed by atoms with Crippen LogP contribution in [0.1, 0.15) is 6.42 Å². The van der Waals surface area contributed by atoms with Crippen LogP contribution < -0.4 is 0 Å². The summed E-state index contributed by atoms with van der Waals surface area (Å²) in [6.07, 6.45) is -0.699. The van der Waals surface area contributed by atoms with E-state index in [0.29, 0.717) is 0 Å². The second-order valence-electron chi connectivity index (χ2n) is 2.99. The lowest BCUT2D eigenvalue weighted by Crippen LogP contribution is -2.28. The molecule has 1 aliphatic heterocycles. The monoisotopic (exact) mass is 229 g/mol. The minimum Gasteiger partial charge on any atom is -0.391 e. The number of hydrogen-bond acceptors (Lipinski definition) is 3. The first-order valence-corrected chi connectivity index (χ1v) is 5.03. The third-order valence-corrected chi connectivity index (χ3v) is 2.54. The van der Waals surface area contributed by atoms with Crippen LogP contribution in [0.25, 0.3) is 0 Å². The third-order valence-electron chi connectivity index (χ3n) is 1.82. The number of likely N-dealkylation sites (tertiary alicyclic amines) is 1. The molecule has 1 atom stereocenters. The van der Waals surface area contributed by atoms with Gasteiger partial charge in [0.1, 0.15) is 0 Å². The SMILES string of the molecule is O=C1CC(O)CN1CCSC(F)(F)F. The molecule has 0 saturated carbocycles. The fourth-order valence-electron chi connectivity index (χ4n) is 1.24. The van der Waals surface area contributed by atoms with Crippen LogP contribution in [0, 0.1) is 0 Å². The number of hydrogen-bond donors (Lipinski definition) is 1. The minimum atomic E-state index is -4.25. The van der Waals surface area contributed by atoms with E-state index in [9.17, 15) is 18.0 Å². The first-order chi connectivity index (χ1) is 6.38. The quantitative estimate of drug-likeness (QED) is 0.779. The van der Waals surface area contributed by atoms with Crippen LogP contribution >= 0.6 is 11.8 Å². The molecule has 0 aliphatic carbocycles. The molecule has 0 spiro atoms. The molecule has 0 aromatic heterocycles. The van der Waals surface area contributed by atoms with E-state index in [1.807, 2.05) is 0 Å². The van der Waals surface area contributed by atoms with Crippen LogP contribution in [0.5, 0.6) is 0 Å². The molecular weight excluding hydrogens is 219 g/mol. The molecule has 1 amide bonds. The van der Waals surface area contributed by atoms with E-state index in [2.05, 4.69) is 0 Å². The number of thioether (sulfide) groups is 1. The van der Waals surface area contributed by atoms with E-state index in [1.165, 1.54) is 4.90 Å². The largest absolute Gasteiger partial charge is 0.441 e. The summed E-state index contributed by atoms with van der Waals surface area (Å²) in [5.41, 5.74) is -4.25. The molecule has 1 unspecified atom stereocenters. The summed E-state index contributed by atoms with van der Waals surface area (Å²) in [7, 11) is 0. The van der Waals surface area contributed by atoms with Gasteiger partial charge in [-0.2, -0.15) is 13.2 Å². The number of carbonyl (C=O) groups excluding carboxylic acids is 1. The number of nitrogens with zero attached hydrogens (tertiary/aromatic N) is 1. The maximum absolute atomic E-state index is 11.7. The van der Waals surface area contributed by atoms with Crippen molar-refractivity contribution in [2.75, 3.05) is 18.8 Å². The average Bonchev–Trinajstić information content (AvgIpc) is 2.27. The summed E-state index contributed by atoms with van der Waals surface area (Å²) in [6.45, 7) is 0.192. The van der Waals surface area contributed by atoms with Gasteiger partial charge in [-0.3, -0.25) is 4.79 Å². The van der Waals surface area contributed by atoms with Crippen LogP contribution in [0.4, 0.5) is 13.2 Å². The van der Waals surface area contributed by atoms with Gasteiger partial charge in [-0.15, -0.1) is 0 Å². The van der Waals surface area contributed by atoms with Crippen LogP contribution in [0.2, 0.25) is 0 Å². The van der Waals surface area contributed by atoms with Gasteiger partial charge < -0.3 is 10.0 Å². The van der Waals surface area contributed by atoms with Crippen molar-refractivity contribution in [3.05, 3.63) is 0 Å². The lowest BCUT2D eigenvalue weighted by Gasteiger charge is -2.15. The fourth-order valence-corrected chi connectivity index (χ4v) is 1.78. The molecule has 1 saturated heterocycles. The Bertz CT molecular complexity index is 221. The molecule has 0 radical (unpaired) electrons. The van der Waals surface area contributed by atoms with Gasteiger partial charge in [0.15, 0.2) is 0 Å². The third kappa shape index (κ3) is 3.75. The van der Waals surface area contributed by atoms with Crippen molar-refractivity contribution < 1.29 is 23.1 Å². The Balaban J connectivity index is 2.22. The van der Waals surface area contributed by atoms with Crippen LogP contribution in [0.3, 0.4) is 0 Å². The Morgan fingerprint density at radius 1 is 1.57 bits per heavy atom. The second-order valence-corrected chi connectivity index (χ2v) is 4.15. The van der Waals surface area contributed by atoms with Gasteiger partial charge in [0.2, 0.25) is 5.91 Å². The summed E-state index contributed by atoms with van der Waals surface area (Å²) in [5, 5.41) is 9.04. The first-order valence-electron chi connectivity index (χ1n) is 4.05. The summed E-state index contributed by atoms with van der Waals surface area (Å²) >= 11 is -0.152. The summed E-state index contributed by atoms with van der Waals surface area (Å²) in [6, 6.07) is 0. The smallest absolute Gasteiger partial charge is 0.391 e. The number of alkyl halides is 3. The predicted octanol–water partition coefficient (Wildman–Crippen LogP) is 0.833. The number of amides is 1. The van der Waals surface area contributed by atoms with Crippen molar-refractivity contribution in [1.82, 2.24) is 4.90 Å². The predicted molar refractivity (Wildman–Crippen MR) is 45.7 cm³/mol. The molecule has 0 bridgehead atoms. The molecule has 0 aromatic carbocycles. The molecule has 1 fully saturated rings. The summed E-state index contributed by atoms with van der Waals surface area (Å²) in [5.74, 6) is -0.456. The van der Waals surface area contributed by atoms with Gasteiger partial charge in [0.05, 0.1) is 12.5 Å². The molecule has 1 rings (SSSR count). The maximum atomic E-state index is 11.7. The molecule has 7 heteroatoms. The molecule has 0 aromatic rings. The van der Waals surface area contributed by atoms with Crippen molar-refractivity contribution in [2.24, 2.45) is 0 Å². The Kier molecular flexibility index (Phi) is 3.65. The van der Waals surface area contributed by atoms with Gasteiger partial charge in [-0.1, -0.05) is 0 Å². The van der Waals surface area contributed by atoms with Gasteiger partial charge in [0, 0.05) is 18.8 Å². The maximum Gasteiger partial charge on any atom is 0.441 e. The van der Waals surface area contributed by atoms with Crippen LogP contribution in [-0.4, -0.2) is 46.4 Å². The van der Waals surface area contributed by atoms with Gasteiger partial charge >= 0.3 is 5.51 Å². The van der Waals surface area contributed by atoms with Gasteiger partial charge in [-0.05, 0) is 11.8 Å². The van der Waals surface area contributed by atoms with Crippen molar-refractivity contribution in [3.8, 4) is 0 Å². The Labute approximate surface area is 83.3 Å². The van der Waals surface area contributed by atoms with E-state index in [-0.39, 0.29) is 42.9 Å². The zero-order chi connectivity index (χ0) is 10.8. The first kappa shape index (κ1) is 11.6. The Morgan fingerprint density at radius 2 is 2.21 bits per heavy atom. The number of rotatable bonds is 3.